The third kappa shape index (κ3) is 3.44. The van der Waals surface area contributed by atoms with E-state index in [1.54, 1.807) is 37.1 Å². The average Bonchev–Trinajstić information content (AvgIpc) is 3.50. The second kappa shape index (κ2) is 7.44. The SMILES string of the molecule is O=C(c1ccc[nH]1)N1C[C@@H]2CN(CCn3cnnc3)C[C@@H]2[C@H]1c1cccc(F)c1. The van der Waals surface area contributed by atoms with E-state index in [2.05, 4.69) is 20.1 Å². The molecule has 29 heavy (non-hydrogen) atoms. The monoisotopic (exact) mass is 394 g/mol. The van der Waals surface area contributed by atoms with E-state index in [1.807, 2.05) is 21.6 Å². The van der Waals surface area contributed by atoms with Crippen LogP contribution in [0, 0.1) is 17.7 Å². The lowest BCUT2D eigenvalue weighted by atomic mass is 9.89. The van der Waals surface area contributed by atoms with E-state index in [1.165, 1.54) is 6.07 Å². The van der Waals surface area contributed by atoms with E-state index in [0.29, 0.717) is 18.2 Å². The van der Waals surface area contributed by atoms with Gasteiger partial charge in [-0.3, -0.25) is 4.79 Å². The van der Waals surface area contributed by atoms with Crippen molar-refractivity contribution in [1.29, 1.82) is 0 Å². The van der Waals surface area contributed by atoms with Gasteiger partial charge in [-0.2, -0.15) is 0 Å². The summed E-state index contributed by atoms with van der Waals surface area (Å²) >= 11 is 0. The van der Waals surface area contributed by atoms with Crippen molar-refractivity contribution in [3.8, 4) is 0 Å². The summed E-state index contributed by atoms with van der Waals surface area (Å²) in [4.78, 5) is 20.5. The molecule has 0 spiro atoms. The number of rotatable bonds is 5. The third-order valence-electron chi connectivity index (χ3n) is 6.16. The summed E-state index contributed by atoms with van der Waals surface area (Å²) in [5.74, 6) is 0.384. The molecule has 0 saturated carbocycles. The topological polar surface area (TPSA) is 70.1 Å². The molecule has 7 nitrogen and oxygen atoms in total. The quantitative estimate of drug-likeness (QED) is 0.720. The van der Waals surface area contributed by atoms with Crippen LogP contribution in [0.5, 0.6) is 0 Å². The van der Waals surface area contributed by atoms with Gasteiger partial charge < -0.3 is 19.4 Å². The molecule has 3 atom stereocenters. The first-order valence-electron chi connectivity index (χ1n) is 9.93. The number of hydrogen-bond donors (Lipinski definition) is 1. The minimum Gasteiger partial charge on any atom is -0.357 e. The van der Waals surface area contributed by atoms with Gasteiger partial charge in [0.15, 0.2) is 0 Å². The Morgan fingerprint density at radius 3 is 2.72 bits per heavy atom. The van der Waals surface area contributed by atoms with Gasteiger partial charge in [-0.25, -0.2) is 4.39 Å². The van der Waals surface area contributed by atoms with E-state index in [9.17, 15) is 9.18 Å². The van der Waals surface area contributed by atoms with E-state index < -0.39 is 0 Å². The third-order valence-corrected chi connectivity index (χ3v) is 6.16. The molecule has 1 aromatic carbocycles. The summed E-state index contributed by atoms with van der Waals surface area (Å²) in [6, 6.07) is 10.2. The number of fused-ring (bicyclic) bond motifs is 1. The van der Waals surface area contributed by atoms with Crippen LogP contribution in [0.15, 0.2) is 55.2 Å². The van der Waals surface area contributed by atoms with Crippen molar-refractivity contribution in [2.24, 2.45) is 11.8 Å². The van der Waals surface area contributed by atoms with Crippen LogP contribution in [0.25, 0.3) is 0 Å². The molecule has 0 radical (unpaired) electrons. The van der Waals surface area contributed by atoms with Crippen molar-refractivity contribution < 1.29 is 9.18 Å². The predicted molar refractivity (Wildman–Crippen MR) is 104 cm³/mol. The smallest absolute Gasteiger partial charge is 0.270 e. The Morgan fingerprint density at radius 2 is 1.97 bits per heavy atom. The second-order valence-electron chi connectivity index (χ2n) is 7.92. The van der Waals surface area contributed by atoms with Crippen molar-refractivity contribution in [1.82, 2.24) is 29.5 Å². The summed E-state index contributed by atoms with van der Waals surface area (Å²) in [7, 11) is 0. The first-order valence-corrected chi connectivity index (χ1v) is 9.93. The summed E-state index contributed by atoms with van der Waals surface area (Å²) in [6.07, 6.45) is 5.21. The Kier molecular flexibility index (Phi) is 4.63. The van der Waals surface area contributed by atoms with Crippen molar-refractivity contribution in [3.05, 3.63) is 72.3 Å². The molecular weight excluding hydrogens is 371 g/mol. The van der Waals surface area contributed by atoms with Crippen molar-refractivity contribution >= 4 is 5.91 Å². The summed E-state index contributed by atoms with van der Waals surface area (Å²) in [5, 5.41) is 7.70. The standard InChI is InChI=1S/C21H23FN6O/c22-17-4-1-3-15(9-17)20-18-12-26(7-8-27-13-24-25-14-27)10-16(18)11-28(20)21(29)19-5-2-6-23-19/h1-6,9,13-14,16,18,20,23H,7-8,10-12H2/t16-,18-,20+/m0/s1. The molecule has 0 bridgehead atoms. The van der Waals surface area contributed by atoms with Gasteiger partial charge in [-0.05, 0) is 35.7 Å². The normalized spacial score (nSPS) is 24.2. The number of amides is 1. The Bertz CT molecular complexity index is 973. The fraction of sp³-hybridized carbons (Fsp3) is 0.381. The number of carbonyl (C=O) groups excluding carboxylic acids is 1. The molecule has 5 rings (SSSR count). The Hall–Kier alpha value is -3.00. The van der Waals surface area contributed by atoms with Crippen LogP contribution in [-0.2, 0) is 6.54 Å². The maximum absolute atomic E-state index is 14.0. The predicted octanol–water partition coefficient (Wildman–Crippen LogP) is 2.19. The molecule has 1 amide bonds. The number of halogens is 1. The van der Waals surface area contributed by atoms with E-state index in [4.69, 9.17) is 0 Å². The lowest BCUT2D eigenvalue weighted by Crippen LogP contribution is -2.36. The average molecular weight is 394 g/mol. The number of H-pyrrole nitrogens is 1. The van der Waals surface area contributed by atoms with Gasteiger partial charge in [-0.1, -0.05) is 12.1 Å². The summed E-state index contributed by atoms with van der Waals surface area (Å²) in [6.45, 7) is 4.26. The van der Waals surface area contributed by atoms with Crippen LogP contribution in [0.1, 0.15) is 22.1 Å². The molecule has 0 unspecified atom stereocenters. The zero-order valence-corrected chi connectivity index (χ0v) is 16.0. The van der Waals surface area contributed by atoms with Gasteiger partial charge >= 0.3 is 0 Å². The number of likely N-dealkylation sites (tertiary alicyclic amines) is 2. The molecule has 0 aliphatic carbocycles. The molecule has 1 N–H and O–H groups in total. The summed E-state index contributed by atoms with van der Waals surface area (Å²) in [5.41, 5.74) is 1.45. The maximum Gasteiger partial charge on any atom is 0.270 e. The number of aromatic amines is 1. The van der Waals surface area contributed by atoms with E-state index in [-0.39, 0.29) is 23.7 Å². The molecule has 2 aromatic heterocycles. The first-order chi connectivity index (χ1) is 14.2. The number of nitrogens with zero attached hydrogens (tertiary/aromatic N) is 5. The zero-order chi connectivity index (χ0) is 19.8. The van der Waals surface area contributed by atoms with Crippen molar-refractivity contribution in [3.63, 3.8) is 0 Å². The highest BCUT2D eigenvalue weighted by molar-refractivity contribution is 5.93. The highest BCUT2D eigenvalue weighted by atomic mass is 19.1. The fourth-order valence-electron chi connectivity index (χ4n) is 4.86. The lowest BCUT2D eigenvalue weighted by Gasteiger charge is -2.30. The zero-order valence-electron chi connectivity index (χ0n) is 16.0. The molecule has 3 aromatic rings. The van der Waals surface area contributed by atoms with Gasteiger partial charge in [0.05, 0.1) is 6.04 Å². The van der Waals surface area contributed by atoms with Crippen LogP contribution in [0.3, 0.4) is 0 Å². The first kappa shape index (κ1) is 18.1. The Balaban J connectivity index is 1.38. The summed E-state index contributed by atoms with van der Waals surface area (Å²) < 4.78 is 16.0. The van der Waals surface area contributed by atoms with Crippen LogP contribution in [0.4, 0.5) is 4.39 Å². The Labute approximate surface area is 168 Å². The lowest BCUT2D eigenvalue weighted by molar-refractivity contribution is 0.0695. The van der Waals surface area contributed by atoms with E-state index in [0.717, 1.165) is 31.7 Å². The van der Waals surface area contributed by atoms with Crippen LogP contribution in [-0.4, -0.2) is 61.6 Å². The molecule has 2 aliphatic rings. The molecule has 150 valence electrons. The van der Waals surface area contributed by atoms with Crippen molar-refractivity contribution in [2.75, 3.05) is 26.2 Å². The van der Waals surface area contributed by atoms with Crippen molar-refractivity contribution in [2.45, 2.75) is 12.6 Å². The number of carbonyl (C=O) groups is 1. The second-order valence-corrected chi connectivity index (χ2v) is 7.92. The highest BCUT2D eigenvalue weighted by Gasteiger charge is 2.49. The molecule has 2 aliphatic heterocycles. The highest BCUT2D eigenvalue weighted by Crippen LogP contribution is 2.45. The van der Waals surface area contributed by atoms with Gasteiger partial charge in [0.25, 0.3) is 5.91 Å². The van der Waals surface area contributed by atoms with Gasteiger partial charge in [0.1, 0.15) is 24.2 Å². The molecule has 8 heteroatoms. The molecule has 2 fully saturated rings. The van der Waals surface area contributed by atoms with Gasteiger partial charge in [0, 0.05) is 44.8 Å². The van der Waals surface area contributed by atoms with Crippen LogP contribution < -0.4 is 0 Å². The maximum atomic E-state index is 14.0. The number of hydrogen-bond acceptors (Lipinski definition) is 4. The van der Waals surface area contributed by atoms with Gasteiger partial charge in [0.2, 0.25) is 0 Å². The largest absolute Gasteiger partial charge is 0.357 e. The molecular formula is C21H23FN6O. The Morgan fingerprint density at radius 1 is 1.10 bits per heavy atom. The van der Waals surface area contributed by atoms with Crippen LogP contribution in [0.2, 0.25) is 0 Å². The molecule has 2 saturated heterocycles. The minimum absolute atomic E-state index is 0.0188. The van der Waals surface area contributed by atoms with Gasteiger partial charge in [-0.15, -0.1) is 10.2 Å². The fourth-order valence-corrected chi connectivity index (χ4v) is 4.86. The van der Waals surface area contributed by atoms with E-state index >= 15 is 0 Å². The molecule has 4 heterocycles. The number of nitrogens with one attached hydrogen (secondary N) is 1. The minimum atomic E-state index is -0.263. The number of benzene rings is 1. The number of aromatic nitrogens is 4. The van der Waals surface area contributed by atoms with Crippen LogP contribution >= 0.6 is 0 Å².